The van der Waals surface area contributed by atoms with Crippen LogP contribution in [0, 0.1) is 0 Å². The van der Waals surface area contributed by atoms with E-state index in [1.54, 1.807) is 26.2 Å². The number of amides is 1. The van der Waals surface area contributed by atoms with Crippen LogP contribution in [0.5, 0.6) is 17.2 Å². The number of methoxy groups -OCH3 is 1. The Hall–Kier alpha value is -4.26. The van der Waals surface area contributed by atoms with Crippen LogP contribution in [0.4, 0.5) is 0 Å². The maximum Gasteiger partial charge on any atom is 0.339 e. The molecular weight excluding hydrogens is 434 g/mol. The number of carbonyl (C=O) groups is 2. The van der Waals surface area contributed by atoms with Crippen molar-refractivity contribution in [2.24, 2.45) is 0 Å². The number of hydrogen-bond acceptors (Lipinski definition) is 6. The van der Waals surface area contributed by atoms with Gasteiger partial charge in [0.05, 0.1) is 12.7 Å². The zero-order valence-electron chi connectivity index (χ0n) is 18.9. The van der Waals surface area contributed by atoms with Crippen LogP contribution in [0.3, 0.4) is 0 Å². The number of nitrogens with one attached hydrogen (secondary N) is 1. The molecule has 0 aromatic heterocycles. The number of fused-ring (bicyclic) bond motifs is 1. The fourth-order valence-corrected chi connectivity index (χ4v) is 3.44. The standard InChI is InChI=1S/C27H25NO6/c1-18(26(29)28-16-20-11-12-24-25(15-20)33-17-32-24)34-27(30)23(21-8-4-3-5-9-21)14-19-7-6-10-22(13-19)31-2/h3-15,18H,16-17H2,1-2H3,(H,28,29)/b23-14+/t18-/m0/s1. The number of esters is 1. The minimum atomic E-state index is -0.987. The third-order valence-corrected chi connectivity index (χ3v) is 5.27. The lowest BCUT2D eigenvalue weighted by Gasteiger charge is -2.15. The molecule has 174 valence electrons. The Bertz CT molecular complexity index is 1200. The van der Waals surface area contributed by atoms with Gasteiger partial charge in [-0.2, -0.15) is 0 Å². The highest BCUT2D eigenvalue weighted by molar-refractivity contribution is 6.22. The Morgan fingerprint density at radius 2 is 1.79 bits per heavy atom. The van der Waals surface area contributed by atoms with E-state index < -0.39 is 18.0 Å². The Labute approximate surface area is 197 Å². The lowest BCUT2D eigenvalue weighted by atomic mass is 10.0. The predicted octanol–water partition coefficient (Wildman–Crippen LogP) is 4.21. The molecule has 3 aromatic rings. The summed E-state index contributed by atoms with van der Waals surface area (Å²) in [5.74, 6) is 0.986. The molecule has 34 heavy (non-hydrogen) atoms. The first kappa shape index (κ1) is 22.9. The fraction of sp³-hybridized carbons (Fsp3) is 0.185. The van der Waals surface area contributed by atoms with Gasteiger partial charge in [-0.05, 0) is 54.0 Å². The average molecular weight is 459 g/mol. The van der Waals surface area contributed by atoms with Gasteiger partial charge in [0.15, 0.2) is 17.6 Å². The monoisotopic (exact) mass is 459 g/mol. The quantitative estimate of drug-likeness (QED) is 0.309. The largest absolute Gasteiger partial charge is 0.497 e. The summed E-state index contributed by atoms with van der Waals surface area (Å²) in [6.45, 7) is 1.99. The molecule has 3 aromatic carbocycles. The van der Waals surface area contributed by atoms with Gasteiger partial charge in [0, 0.05) is 6.54 Å². The van der Waals surface area contributed by atoms with Gasteiger partial charge in [0.25, 0.3) is 5.91 Å². The molecule has 0 radical (unpaired) electrons. The van der Waals surface area contributed by atoms with Gasteiger partial charge >= 0.3 is 5.97 Å². The molecule has 0 spiro atoms. The van der Waals surface area contributed by atoms with Crippen LogP contribution in [0.15, 0.2) is 72.8 Å². The number of carbonyl (C=O) groups excluding carboxylic acids is 2. The Balaban J connectivity index is 1.45. The first-order valence-electron chi connectivity index (χ1n) is 10.8. The molecule has 1 aliphatic heterocycles. The van der Waals surface area contributed by atoms with E-state index in [0.717, 1.165) is 11.1 Å². The number of rotatable bonds is 8. The molecule has 1 heterocycles. The van der Waals surface area contributed by atoms with Crippen molar-refractivity contribution in [2.45, 2.75) is 19.6 Å². The molecular formula is C27H25NO6. The lowest BCUT2D eigenvalue weighted by Crippen LogP contribution is -2.35. The zero-order valence-corrected chi connectivity index (χ0v) is 18.9. The van der Waals surface area contributed by atoms with Gasteiger partial charge in [-0.25, -0.2) is 4.79 Å². The molecule has 1 N–H and O–H groups in total. The van der Waals surface area contributed by atoms with Crippen molar-refractivity contribution >= 4 is 23.5 Å². The van der Waals surface area contributed by atoms with Crippen LogP contribution in [0.25, 0.3) is 11.6 Å². The van der Waals surface area contributed by atoms with E-state index in [4.69, 9.17) is 18.9 Å². The fourth-order valence-electron chi connectivity index (χ4n) is 3.44. The Morgan fingerprint density at radius 1 is 1.00 bits per heavy atom. The van der Waals surface area contributed by atoms with Crippen molar-refractivity contribution in [3.05, 3.63) is 89.5 Å². The van der Waals surface area contributed by atoms with E-state index >= 15 is 0 Å². The van der Waals surface area contributed by atoms with E-state index in [1.165, 1.54) is 0 Å². The molecule has 1 amide bonds. The molecule has 1 aliphatic rings. The summed E-state index contributed by atoms with van der Waals surface area (Å²) < 4.78 is 21.5. The van der Waals surface area contributed by atoms with Crippen LogP contribution in [-0.2, 0) is 20.9 Å². The van der Waals surface area contributed by atoms with E-state index in [-0.39, 0.29) is 13.3 Å². The number of hydrogen-bond donors (Lipinski definition) is 1. The van der Waals surface area contributed by atoms with Crippen LogP contribution >= 0.6 is 0 Å². The first-order chi connectivity index (χ1) is 16.5. The first-order valence-corrected chi connectivity index (χ1v) is 10.8. The summed E-state index contributed by atoms with van der Waals surface area (Å²) in [6.07, 6.45) is 0.733. The van der Waals surface area contributed by atoms with Crippen molar-refractivity contribution in [1.82, 2.24) is 5.32 Å². The number of benzene rings is 3. The van der Waals surface area contributed by atoms with Crippen LogP contribution < -0.4 is 19.5 Å². The molecule has 0 saturated carbocycles. The second-order valence-corrected chi connectivity index (χ2v) is 7.65. The van der Waals surface area contributed by atoms with Gasteiger partial charge in [-0.1, -0.05) is 48.5 Å². The highest BCUT2D eigenvalue weighted by Gasteiger charge is 2.22. The second-order valence-electron chi connectivity index (χ2n) is 7.65. The normalized spacial score (nSPS) is 13.2. The lowest BCUT2D eigenvalue weighted by molar-refractivity contribution is -0.149. The molecule has 0 saturated heterocycles. The van der Waals surface area contributed by atoms with Crippen molar-refractivity contribution in [3.8, 4) is 17.2 Å². The summed E-state index contributed by atoms with van der Waals surface area (Å²) in [5.41, 5.74) is 2.64. The van der Waals surface area contributed by atoms with Gasteiger partial charge in [-0.15, -0.1) is 0 Å². The van der Waals surface area contributed by atoms with Crippen molar-refractivity contribution < 1.29 is 28.5 Å². The van der Waals surface area contributed by atoms with Crippen molar-refractivity contribution in [1.29, 1.82) is 0 Å². The number of ether oxygens (including phenoxy) is 4. The molecule has 7 nitrogen and oxygen atoms in total. The maximum absolute atomic E-state index is 13.1. The Kier molecular flexibility index (Phi) is 7.13. The predicted molar refractivity (Wildman–Crippen MR) is 127 cm³/mol. The van der Waals surface area contributed by atoms with E-state index in [2.05, 4.69) is 5.32 Å². The highest BCUT2D eigenvalue weighted by atomic mass is 16.7. The van der Waals surface area contributed by atoms with E-state index in [9.17, 15) is 9.59 Å². The molecule has 0 fully saturated rings. The summed E-state index contributed by atoms with van der Waals surface area (Å²) >= 11 is 0. The van der Waals surface area contributed by atoms with Gasteiger partial charge in [-0.3, -0.25) is 4.79 Å². The summed E-state index contributed by atoms with van der Waals surface area (Å²) in [5, 5.41) is 2.79. The van der Waals surface area contributed by atoms with Crippen LogP contribution in [0.1, 0.15) is 23.6 Å². The molecule has 4 rings (SSSR count). The van der Waals surface area contributed by atoms with Crippen LogP contribution in [0.2, 0.25) is 0 Å². The van der Waals surface area contributed by atoms with Gasteiger partial charge in [0.1, 0.15) is 5.75 Å². The zero-order chi connectivity index (χ0) is 23.9. The smallest absolute Gasteiger partial charge is 0.339 e. The SMILES string of the molecule is COc1cccc(/C=C(/C(=O)O[C@@H](C)C(=O)NCc2ccc3c(c2)OCO3)c2ccccc2)c1. The maximum atomic E-state index is 13.1. The minimum absolute atomic E-state index is 0.186. The highest BCUT2D eigenvalue weighted by Crippen LogP contribution is 2.32. The summed E-state index contributed by atoms with van der Waals surface area (Å²) in [4.78, 5) is 25.7. The van der Waals surface area contributed by atoms with Gasteiger partial charge < -0.3 is 24.3 Å². The molecule has 0 aliphatic carbocycles. The summed E-state index contributed by atoms with van der Waals surface area (Å²) in [7, 11) is 1.58. The van der Waals surface area contributed by atoms with E-state index in [1.807, 2.05) is 66.7 Å². The molecule has 7 heteroatoms. The third-order valence-electron chi connectivity index (χ3n) is 5.27. The second kappa shape index (κ2) is 10.6. The molecule has 0 bridgehead atoms. The minimum Gasteiger partial charge on any atom is -0.497 e. The summed E-state index contributed by atoms with van der Waals surface area (Å²) in [6, 6.07) is 22.0. The third kappa shape index (κ3) is 5.56. The van der Waals surface area contributed by atoms with E-state index in [0.29, 0.717) is 28.4 Å². The van der Waals surface area contributed by atoms with Crippen molar-refractivity contribution in [3.63, 3.8) is 0 Å². The Morgan fingerprint density at radius 3 is 2.59 bits per heavy atom. The average Bonchev–Trinajstić information content (AvgIpc) is 3.34. The van der Waals surface area contributed by atoms with Gasteiger partial charge in [0.2, 0.25) is 6.79 Å². The molecule has 1 atom stereocenters. The molecule has 0 unspecified atom stereocenters. The van der Waals surface area contributed by atoms with Crippen molar-refractivity contribution in [2.75, 3.05) is 13.9 Å². The topological polar surface area (TPSA) is 83.1 Å². The van der Waals surface area contributed by atoms with Crippen LogP contribution in [-0.4, -0.2) is 31.9 Å².